The molecule has 0 unspecified atom stereocenters. The Balaban J connectivity index is 2.78. The third kappa shape index (κ3) is 4.69. The highest BCUT2D eigenvalue weighted by molar-refractivity contribution is 5.85. The summed E-state index contributed by atoms with van der Waals surface area (Å²) in [5.74, 6) is 0.142. The Labute approximate surface area is 108 Å². The molecule has 3 N–H and O–H groups in total. The minimum Gasteiger partial charge on any atom is -0.449 e. The number of halogens is 3. The van der Waals surface area contributed by atoms with Crippen LogP contribution in [0.15, 0.2) is 18.2 Å². The van der Waals surface area contributed by atoms with Crippen LogP contribution in [0.3, 0.4) is 0 Å². The monoisotopic (exact) mass is 276 g/mol. The number of nitrogen functional groups attached to an aromatic ring is 1. The second-order valence-corrected chi connectivity index (χ2v) is 4.42. The maximum atomic E-state index is 12.6. The topological polar surface area (TPSA) is 64.3 Å². The van der Waals surface area contributed by atoms with Crippen LogP contribution in [0.2, 0.25) is 0 Å². The van der Waals surface area contributed by atoms with Gasteiger partial charge in [-0.15, -0.1) is 0 Å². The van der Waals surface area contributed by atoms with Crippen molar-refractivity contribution < 1.29 is 22.7 Å². The first-order chi connectivity index (χ1) is 8.70. The molecule has 19 heavy (non-hydrogen) atoms. The highest BCUT2D eigenvalue weighted by Crippen LogP contribution is 2.35. The number of rotatable bonds is 3. The van der Waals surface area contributed by atoms with Crippen LogP contribution < -0.4 is 11.1 Å². The largest absolute Gasteiger partial charge is 0.449 e. The average molecular weight is 276 g/mol. The van der Waals surface area contributed by atoms with Crippen LogP contribution in [0.4, 0.5) is 29.3 Å². The number of carbonyl (C=O) groups excluding carboxylic acids is 1. The lowest BCUT2D eigenvalue weighted by Crippen LogP contribution is -2.17. The van der Waals surface area contributed by atoms with Gasteiger partial charge in [-0.2, -0.15) is 13.2 Å². The van der Waals surface area contributed by atoms with Crippen molar-refractivity contribution in [2.45, 2.75) is 20.0 Å². The molecule has 0 atom stereocenters. The van der Waals surface area contributed by atoms with E-state index in [-0.39, 0.29) is 18.2 Å². The molecule has 106 valence electrons. The number of nitrogens with two attached hydrogens (primary N) is 1. The third-order valence-electron chi connectivity index (χ3n) is 2.15. The summed E-state index contributed by atoms with van der Waals surface area (Å²) < 4.78 is 42.6. The fourth-order valence-corrected chi connectivity index (χ4v) is 1.28. The Kier molecular flexibility index (Phi) is 4.63. The molecule has 0 aliphatic rings. The van der Waals surface area contributed by atoms with E-state index in [1.54, 1.807) is 0 Å². The van der Waals surface area contributed by atoms with E-state index in [9.17, 15) is 18.0 Å². The van der Waals surface area contributed by atoms with Crippen molar-refractivity contribution in [1.82, 2.24) is 0 Å². The van der Waals surface area contributed by atoms with Crippen molar-refractivity contribution in [1.29, 1.82) is 0 Å². The van der Waals surface area contributed by atoms with Crippen molar-refractivity contribution >= 4 is 17.5 Å². The number of carbonyl (C=O) groups is 1. The van der Waals surface area contributed by atoms with Gasteiger partial charge in [0.2, 0.25) is 0 Å². The number of hydrogen-bond donors (Lipinski definition) is 2. The fourth-order valence-electron chi connectivity index (χ4n) is 1.28. The molecule has 0 saturated carbocycles. The predicted octanol–water partition coefficient (Wildman–Crippen LogP) is 3.49. The minimum atomic E-state index is -4.57. The zero-order valence-electron chi connectivity index (χ0n) is 10.5. The summed E-state index contributed by atoms with van der Waals surface area (Å²) in [5.41, 5.74) is 3.84. The van der Waals surface area contributed by atoms with Gasteiger partial charge in [0.25, 0.3) is 0 Å². The van der Waals surface area contributed by atoms with Gasteiger partial charge in [0.15, 0.2) is 0 Å². The Hall–Kier alpha value is -1.92. The van der Waals surface area contributed by atoms with Gasteiger partial charge in [-0.05, 0) is 24.1 Å². The summed E-state index contributed by atoms with van der Waals surface area (Å²) in [4.78, 5) is 11.3. The van der Waals surface area contributed by atoms with E-state index in [2.05, 4.69) is 5.32 Å². The summed E-state index contributed by atoms with van der Waals surface area (Å²) in [6.45, 7) is 3.88. The molecule has 1 aromatic carbocycles. The number of ether oxygens (including phenoxy) is 1. The molecule has 1 rings (SSSR count). The van der Waals surface area contributed by atoms with Crippen LogP contribution in [0, 0.1) is 5.92 Å². The molecule has 0 heterocycles. The molecule has 0 fully saturated rings. The lowest BCUT2D eigenvalue weighted by atomic mass is 10.1. The Morgan fingerprint density at radius 2 is 2.05 bits per heavy atom. The molecule has 1 amide bonds. The van der Waals surface area contributed by atoms with E-state index in [0.29, 0.717) is 0 Å². The zero-order valence-corrected chi connectivity index (χ0v) is 10.5. The smallest absolute Gasteiger partial charge is 0.418 e. The second kappa shape index (κ2) is 5.81. The molecular formula is C12H15F3N2O2. The van der Waals surface area contributed by atoms with Crippen molar-refractivity contribution in [3.8, 4) is 0 Å². The van der Waals surface area contributed by atoms with Crippen LogP contribution in [0.5, 0.6) is 0 Å². The summed E-state index contributed by atoms with van der Waals surface area (Å²) in [7, 11) is 0. The molecule has 1 aromatic rings. The predicted molar refractivity (Wildman–Crippen MR) is 65.7 cm³/mol. The van der Waals surface area contributed by atoms with Crippen molar-refractivity contribution in [3.63, 3.8) is 0 Å². The lowest BCUT2D eigenvalue weighted by Gasteiger charge is -2.13. The summed E-state index contributed by atoms with van der Waals surface area (Å²) in [6.07, 6.45) is -5.37. The minimum absolute atomic E-state index is 0.0183. The molecule has 4 nitrogen and oxygen atoms in total. The number of amides is 1. The maximum absolute atomic E-state index is 12.6. The maximum Gasteiger partial charge on any atom is 0.418 e. The lowest BCUT2D eigenvalue weighted by molar-refractivity contribution is -0.136. The summed E-state index contributed by atoms with van der Waals surface area (Å²) in [5, 5.41) is 2.22. The Bertz CT molecular complexity index is 459. The number of benzene rings is 1. The van der Waals surface area contributed by atoms with E-state index in [1.165, 1.54) is 6.07 Å². The van der Waals surface area contributed by atoms with Gasteiger partial charge >= 0.3 is 12.3 Å². The van der Waals surface area contributed by atoms with Gasteiger partial charge in [-0.3, -0.25) is 5.32 Å². The first-order valence-electron chi connectivity index (χ1n) is 5.60. The summed E-state index contributed by atoms with van der Waals surface area (Å²) in [6, 6.07) is 3.13. The van der Waals surface area contributed by atoms with E-state index >= 15 is 0 Å². The number of nitrogens with one attached hydrogen (secondary N) is 1. The fraction of sp³-hybridized carbons (Fsp3) is 0.417. The number of alkyl halides is 3. The average Bonchev–Trinajstić information content (AvgIpc) is 2.27. The molecule has 0 saturated heterocycles. The standard InChI is InChI=1S/C12H15F3N2O2/c1-7(2)6-19-11(18)17-8-3-4-10(16)9(5-8)12(13,14)15/h3-5,7H,6,16H2,1-2H3,(H,17,18). The molecular weight excluding hydrogens is 261 g/mol. The van der Waals surface area contributed by atoms with Crippen molar-refractivity contribution in [2.24, 2.45) is 5.92 Å². The second-order valence-electron chi connectivity index (χ2n) is 4.42. The van der Waals surface area contributed by atoms with Gasteiger partial charge in [-0.25, -0.2) is 4.79 Å². The summed E-state index contributed by atoms with van der Waals surface area (Å²) >= 11 is 0. The highest BCUT2D eigenvalue weighted by atomic mass is 19.4. The quantitative estimate of drug-likeness (QED) is 0.830. The van der Waals surface area contributed by atoms with E-state index in [1.807, 2.05) is 13.8 Å². The molecule has 0 aliphatic heterocycles. The molecule has 0 aliphatic carbocycles. The van der Waals surface area contributed by atoms with Gasteiger partial charge in [0, 0.05) is 11.4 Å². The van der Waals surface area contributed by atoms with Gasteiger partial charge < -0.3 is 10.5 Å². The van der Waals surface area contributed by atoms with Gasteiger partial charge in [0.05, 0.1) is 12.2 Å². The first-order valence-corrected chi connectivity index (χ1v) is 5.60. The van der Waals surface area contributed by atoms with Crippen molar-refractivity contribution in [3.05, 3.63) is 23.8 Å². The van der Waals surface area contributed by atoms with Crippen LogP contribution in [0.1, 0.15) is 19.4 Å². The van der Waals surface area contributed by atoms with Crippen molar-refractivity contribution in [2.75, 3.05) is 17.7 Å². The number of hydrogen-bond acceptors (Lipinski definition) is 3. The van der Waals surface area contributed by atoms with Crippen LogP contribution in [-0.2, 0) is 10.9 Å². The van der Waals surface area contributed by atoms with Gasteiger partial charge in [0.1, 0.15) is 0 Å². The van der Waals surface area contributed by atoms with Crippen LogP contribution in [-0.4, -0.2) is 12.7 Å². The van der Waals surface area contributed by atoms with Crippen LogP contribution in [0.25, 0.3) is 0 Å². The Morgan fingerprint density at radius 3 is 2.58 bits per heavy atom. The van der Waals surface area contributed by atoms with E-state index in [4.69, 9.17) is 10.5 Å². The van der Waals surface area contributed by atoms with Crippen LogP contribution >= 0.6 is 0 Å². The van der Waals surface area contributed by atoms with Gasteiger partial charge in [-0.1, -0.05) is 13.8 Å². The third-order valence-corrected chi connectivity index (χ3v) is 2.15. The Morgan fingerprint density at radius 1 is 1.42 bits per heavy atom. The SMILES string of the molecule is CC(C)COC(=O)Nc1ccc(N)c(C(F)(F)F)c1. The number of anilines is 2. The first kappa shape index (κ1) is 15.1. The molecule has 0 spiro atoms. The van der Waals surface area contributed by atoms with E-state index in [0.717, 1.165) is 12.1 Å². The highest BCUT2D eigenvalue weighted by Gasteiger charge is 2.33. The zero-order chi connectivity index (χ0) is 14.6. The molecule has 0 aromatic heterocycles. The molecule has 0 radical (unpaired) electrons. The molecule has 7 heteroatoms. The molecule has 0 bridgehead atoms. The van der Waals surface area contributed by atoms with E-state index < -0.39 is 23.5 Å². The normalized spacial score (nSPS) is 11.5.